The highest BCUT2D eigenvalue weighted by molar-refractivity contribution is 6.11. The number of hydrogen-bond acceptors (Lipinski definition) is 3. The molecule has 1 aliphatic heterocycles. The normalized spacial score (nSPS) is 13.1. The summed E-state index contributed by atoms with van der Waals surface area (Å²) >= 11 is 0. The van der Waals surface area contributed by atoms with Crippen molar-refractivity contribution in [2.24, 2.45) is 0 Å². The smallest absolute Gasteiger partial charge is 0.159 e. The van der Waals surface area contributed by atoms with Gasteiger partial charge in [0.05, 0.1) is 22.5 Å². The average Bonchev–Trinajstić information content (AvgIpc) is 3.90. The molecule has 1 aromatic heterocycles. The number of rotatable bonds is 6. The third-order valence-electron chi connectivity index (χ3n) is 13.5. The van der Waals surface area contributed by atoms with Gasteiger partial charge in [0.1, 0.15) is 5.58 Å². The monoisotopic (exact) mass is 816 g/mol. The van der Waals surface area contributed by atoms with E-state index in [4.69, 9.17) is 4.42 Å². The van der Waals surface area contributed by atoms with Gasteiger partial charge in [-0.1, -0.05) is 176 Å². The van der Waals surface area contributed by atoms with Gasteiger partial charge in [0.25, 0.3) is 0 Å². The molecule has 0 atom stereocenters. The molecule has 11 aromatic rings. The van der Waals surface area contributed by atoms with E-state index in [0.717, 1.165) is 61.6 Å². The van der Waals surface area contributed by atoms with Crippen LogP contribution in [0.15, 0.2) is 247 Å². The van der Waals surface area contributed by atoms with Crippen molar-refractivity contribution >= 4 is 56.1 Å². The molecule has 1 spiro atoms. The van der Waals surface area contributed by atoms with Crippen molar-refractivity contribution in [3.8, 4) is 33.4 Å². The molecule has 3 nitrogen and oxygen atoms in total. The fraction of sp³-hybridized carbons (Fsp3) is 0.0164. The number of nitrogens with zero attached hydrogens (tertiary/aromatic N) is 2. The Bertz CT molecular complexity index is 3490. The fourth-order valence-electron chi connectivity index (χ4n) is 10.8. The van der Waals surface area contributed by atoms with Crippen molar-refractivity contribution in [2.45, 2.75) is 5.41 Å². The van der Waals surface area contributed by atoms with E-state index in [9.17, 15) is 0 Å². The van der Waals surface area contributed by atoms with E-state index in [-0.39, 0.29) is 0 Å². The largest absolute Gasteiger partial charge is 0.454 e. The summed E-state index contributed by atoms with van der Waals surface area (Å²) in [6, 6.07) is 88.4. The number of benzene rings is 10. The van der Waals surface area contributed by atoms with Crippen LogP contribution in [0.4, 0.5) is 34.1 Å². The first-order chi connectivity index (χ1) is 31.8. The summed E-state index contributed by atoms with van der Waals surface area (Å²) in [6.07, 6.45) is 0. The zero-order chi connectivity index (χ0) is 42.2. The van der Waals surface area contributed by atoms with Crippen LogP contribution in [-0.4, -0.2) is 0 Å². The zero-order valence-corrected chi connectivity index (χ0v) is 34.9. The van der Waals surface area contributed by atoms with Gasteiger partial charge in [-0.3, -0.25) is 0 Å². The molecule has 13 rings (SSSR count). The van der Waals surface area contributed by atoms with E-state index in [2.05, 4.69) is 252 Å². The zero-order valence-electron chi connectivity index (χ0n) is 34.9. The summed E-state index contributed by atoms with van der Waals surface area (Å²) in [4.78, 5) is 4.85. The Labute approximate surface area is 372 Å². The second-order valence-electron chi connectivity index (χ2n) is 16.8. The summed E-state index contributed by atoms with van der Waals surface area (Å²) < 4.78 is 6.88. The molecule has 3 heteroatoms. The topological polar surface area (TPSA) is 19.6 Å². The van der Waals surface area contributed by atoms with Crippen LogP contribution >= 0.6 is 0 Å². The molecule has 0 saturated carbocycles. The van der Waals surface area contributed by atoms with E-state index in [1.54, 1.807) is 0 Å². The quantitative estimate of drug-likeness (QED) is 0.167. The van der Waals surface area contributed by atoms with E-state index < -0.39 is 5.41 Å². The van der Waals surface area contributed by atoms with Crippen molar-refractivity contribution in [3.63, 3.8) is 0 Å². The van der Waals surface area contributed by atoms with Gasteiger partial charge in [0.2, 0.25) is 0 Å². The summed E-state index contributed by atoms with van der Waals surface area (Å²) in [5, 5.41) is 2.20. The second kappa shape index (κ2) is 14.3. The first-order valence-corrected chi connectivity index (χ1v) is 22.0. The summed E-state index contributed by atoms with van der Waals surface area (Å²) in [6.45, 7) is 0. The van der Waals surface area contributed by atoms with Gasteiger partial charge >= 0.3 is 0 Å². The Morgan fingerprint density at radius 3 is 1.52 bits per heavy atom. The van der Waals surface area contributed by atoms with Gasteiger partial charge in [-0.2, -0.15) is 0 Å². The number of fused-ring (bicyclic) bond motifs is 12. The Balaban J connectivity index is 1.17. The van der Waals surface area contributed by atoms with E-state index >= 15 is 0 Å². The second-order valence-corrected chi connectivity index (χ2v) is 16.8. The highest BCUT2D eigenvalue weighted by Gasteiger charge is 2.52. The van der Waals surface area contributed by atoms with Crippen LogP contribution in [0.1, 0.15) is 22.3 Å². The lowest BCUT2D eigenvalue weighted by Gasteiger charge is -2.45. The third kappa shape index (κ3) is 5.28. The Morgan fingerprint density at radius 1 is 0.328 bits per heavy atom. The highest BCUT2D eigenvalue weighted by Crippen LogP contribution is 2.65. The van der Waals surface area contributed by atoms with Crippen molar-refractivity contribution in [2.75, 3.05) is 9.80 Å². The molecule has 0 saturated heterocycles. The minimum Gasteiger partial charge on any atom is -0.454 e. The predicted molar refractivity (Wildman–Crippen MR) is 265 cm³/mol. The minimum atomic E-state index is -0.692. The number of anilines is 6. The van der Waals surface area contributed by atoms with Crippen molar-refractivity contribution in [1.82, 2.24) is 0 Å². The molecule has 0 fully saturated rings. The SMILES string of the molecule is c1ccc(-c2ccccc2-c2ccc3c(c2)C2(c4ccccc4-c4ccccc42)c2cc(N(c4ccccc4)c4ccccc4)ccc2N3c2cccc3c2oc2ccccc23)cc1. The minimum absolute atomic E-state index is 0.692. The van der Waals surface area contributed by atoms with Crippen LogP contribution < -0.4 is 9.80 Å². The molecule has 0 unspecified atom stereocenters. The van der Waals surface area contributed by atoms with Crippen LogP contribution in [0.2, 0.25) is 0 Å². The van der Waals surface area contributed by atoms with Crippen LogP contribution in [0.5, 0.6) is 0 Å². The lowest BCUT2D eigenvalue weighted by Crippen LogP contribution is -2.36. The third-order valence-corrected chi connectivity index (χ3v) is 13.5. The predicted octanol–water partition coefficient (Wildman–Crippen LogP) is 16.5. The van der Waals surface area contributed by atoms with Gasteiger partial charge in [-0.05, 0) is 122 Å². The highest BCUT2D eigenvalue weighted by atomic mass is 16.3. The van der Waals surface area contributed by atoms with Crippen molar-refractivity contribution < 1.29 is 4.42 Å². The van der Waals surface area contributed by atoms with Gasteiger partial charge in [-0.15, -0.1) is 0 Å². The van der Waals surface area contributed by atoms with E-state index in [1.807, 2.05) is 0 Å². The Hall–Kier alpha value is -8.40. The number of furan rings is 1. The lowest BCUT2D eigenvalue weighted by atomic mass is 9.64. The number of para-hydroxylation sites is 4. The van der Waals surface area contributed by atoms with Crippen LogP contribution in [0.25, 0.3) is 55.3 Å². The molecule has 64 heavy (non-hydrogen) atoms. The molecule has 1 aliphatic carbocycles. The van der Waals surface area contributed by atoms with Gasteiger partial charge in [0.15, 0.2) is 5.58 Å². The molecule has 0 amide bonds. The van der Waals surface area contributed by atoms with Crippen LogP contribution in [-0.2, 0) is 5.41 Å². The summed E-state index contributed by atoms with van der Waals surface area (Å²) in [7, 11) is 0. The van der Waals surface area contributed by atoms with Gasteiger partial charge in [0, 0.05) is 27.8 Å². The first kappa shape index (κ1) is 36.3. The van der Waals surface area contributed by atoms with Crippen molar-refractivity contribution in [1.29, 1.82) is 0 Å². The van der Waals surface area contributed by atoms with Crippen LogP contribution in [0.3, 0.4) is 0 Å². The lowest BCUT2D eigenvalue weighted by molar-refractivity contribution is 0.668. The molecule has 10 aromatic carbocycles. The fourth-order valence-corrected chi connectivity index (χ4v) is 10.8. The molecule has 2 heterocycles. The molecular formula is C61H40N2O. The first-order valence-electron chi connectivity index (χ1n) is 22.0. The van der Waals surface area contributed by atoms with Gasteiger partial charge in [-0.25, -0.2) is 0 Å². The standard InChI is InChI=1S/C61H40N2O/c1-4-19-41(20-5-1)46-25-10-11-26-47(46)42-35-37-56-54(39-42)61(52-31-15-12-27-48(52)49-28-13-16-32-53(49)61)55-40-45(62(43-21-6-2-7-22-43)44-23-8-3-9-24-44)36-38-57(55)63(56)58-33-18-30-51-50-29-14-17-34-59(50)64-60(51)58/h1-40H. The maximum Gasteiger partial charge on any atom is 0.159 e. The van der Waals surface area contributed by atoms with E-state index in [1.165, 1.54) is 50.1 Å². The maximum atomic E-state index is 6.88. The van der Waals surface area contributed by atoms with Crippen LogP contribution in [0, 0.1) is 0 Å². The number of hydrogen-bond donors (Lipinski definition) is 0. The Morgan fingerprint density at radius 2 is 0.844 bits per heavy atom. The molecule has 0 radical (unpaired) electrons. The molecule has 0 N–H and O–H groups in total. The Kier molecular flexibility index (Phi) is 8.13. The molecule has 0 bridgehead atoms. The molecular weight excluding hydrogens is 777 g/mol. The molecule has 300 valence electrons. The molecule has 2 aliphatic rings. The average molecular weight is 817 g/mol. The summed E-state index contributed by atoms with van der Waals surface area (Å²) in [5.41, 5.74) is 19.8. The van der Waals surface area contributed by atoms with E-state index in [0.29, 0.717) is 0 Å². The summed E-state index contributed by atoms with van der Waals surface area (Å²) in [5.74, 6) is 0. The van der Waals surface area contributed by atoms with Crippen molar-refractivity contribution in [3.05, 3.63) is 265 Å². The maximum absolute atomic E-state index is 6.88. The van der Waals surface area contributed by atoms with Gasteiger partial charge < -0.3 is 14.2 Å².